The fourth-order valence-corrected chi connectivity index (χ4v) is 3.92. The van der Waals surface area contributed by atoms with Gasteiger partial charge in [0.2, 0.25) is 11.8 Å². The fourth-order valence-electron chi connectivity index (χ4n) is 3.51. The summed E-state index contributed by atoms with van der Waals surface area (Å²) in [5, 5.41) is 3.05. The molecule has 1 N–H and O–H groups in total. The van der Waals surface area contributed by atoms with Crippen LogP contribution in [0.4, 0.5) is 5.69 Å². The van der Waals surface area contributed by atoms with E-state index in [1.165, 1.54) is 0 Å². The van der Waals surface area contributed by atoms with Gasteiger partial charge in [-0.2, -0.15) is 0 Å². The molecule has 148 valence electrons. The van der Waals surface area contributed by atoms with Crippen molar-refractivity contribution < 1.29 is 9.59 Å². The lowest BCUT2D eigenvalue weighted by molar-refractivity contribution is -0.126. The maximum atomic E-state index is 12.7. The van der Waals surface area contributed by atoms with E-state index in [2.05, 4.69) is 22.3 Å². The molecular formula is C22H27N3O2S. The molecule has 6 heteroatoms. The third kappa shape index (κ3) is 4.75. The van der Waals surface area contributed by atoms with Crippen molar-refractivity contribution in [2.45, 2.75) is 17.4 Å². The van der Waals surface area contributed by atoms with E-state index in [0.717, 1.165) is 16.1 Å². The SMILES string of the molecule is CSc1ccc(N2C[C@@H](C(=O)NC[C@@H](c3ccccc3)N(C)C)CC2=O)cc1. The minimum Gasteiger partial charge on any atom is -0.354 e. The number of carbonyl (C=O) groups is 2. The van der Waals surface area contributed by atoms with Gasteiger partial charge in [-0.1, -0.05) is 30.3 Å². The van der Waals surface area contributed by atoms with Crippen LogP contribution in [0.3, 0.4) is 0 Å². The number of carbonyl (C=O) groups excluding carboxylic acids is 2. The van der Waals surface area contributed by atoms with Crippen LogP contribution in [0, 0.1) is 5.92 Å². The van der Waals surface area contributed by atoms with Crippen molar-refractivity contribution in [2.75, 3.05) is 38.3 Å². The monoisotopic (exact) mass is 397 g/mol. The Hall–Kier alpha value is -2.31. The number of nitrogens with one attached hydrogen (secondary N) is 1. The molecule has 2 aromatic rings. The Morgan fingerprint density at radius 1 is 1.18 bits per heavy atom. The van der Waals surface area contributed by atoms with E-state index in [1.54, 1.807) is 16.7 Å². The number of rotatable bonds is 7. The Bertz CT molecular complexity index is 808. The smallest absolute Gasteiger partial charge is 0.227 e. The molecule has 0 bridgehead atoms. The summed E-state index contributed by atoms with van der Waals surface area (Å²) in [6.45, 7) is 0.949. The van der Waals surface area contributed by atoms with Crippen LogP contribution in [0.25, 0.3) is 0 Å². The van der Waals surface area contributed by atoms with Crippen molar-refractivity contribution >= 4 is 29.3 Å². The summed E-state index contributed by atoms with van der Waals surface area (Å²) in [6, 6.07) is 18.1. The molecule has 1 fully saturated rings. The van der Waals surface area contributed by atoms with Crippen LogP contribution in [0.15, 0.2) is 59.5 Å². The van der Waals surface area contributed by atoms with Gasteiger partial charge in [0, 0.05) is 30.1 Å². The molecule has 1 aliphatic rings. The van der Waals surface area contributed by atoms with E-state index in [0.29, 0.717) is 13.1 Å². The summed E-state index contributed by atoms with van der Waals surface area (Å²) >= 11 is 1.66. The predicted molar refractivity (Wildman–Crippen MR) is 115 cm³/mol. The Morgan fingerprint density at radius 3 is 2.46 bits per heavy atom. The third-order valence-electron chi connectivity index (χ3n) is 5.16. The quantitative estimate of drug-likeness (QED) is 0.729. The summed E-state index contributed by atoms with van der Waals surface area (Å²) in [5.41, 5.74) is 2.01. The molecule has 3 rings (SSSR count). The second-order valence-corrected chi connectivity index (χ2v) is 8.12. The normalized spacial score (nSPS) is 17.8. The highest BCUT2D eigenvalue weighted by Gasteiger charge is 2.35. The second kappa shape index (κ2) is 9.26. The molecule has 1 heterocycles. The van der Waals surface area contributed by atoms with Crippen LogP contribution in [0.5, 0.6) is 0 Å². The molecule has 0 saturated carbocycles. The molecule has 1 aliphatic heterocycles. The predicted octanol–water partition coefficient (Wildman–Crippen LogP) is 3.18. The fraction of sp³-hybridized carbons (Fsp3) is 0.364. The highest BCUT2D eigenvalue weighted by atomic mass is 32.2. The van der Waals surface area contributed by atoms with Crippen LogP contribution in [-0.4, -0.2) is 50.2 Å². The van der Waals surface area contributed by atoms with Gasteiger partial charge in [0.25, 0.3) is 0 Å². The first-order chi connectivity index (χ1) is 13.5. The Balaban J connectivity index is 1.61. The summed E-state index contributed by atoms with van der Waals surface area (Å²) in [7, 11) is 4.01. The number of amides is 2. The highest BCUT2D eigenvalue weighted by Crippen LogP contribution is 2.27. The molecule has 2 amide bonds. The molecule has 5 nitrogen and oxygen atoms in total. The summed E-state index contributed by atoms with van der Waals surface area (Å²) < 4.78 is 0. The molecule has 0 unspecified atom stereocenters. The topological polar surface area (TPSA) is 52.7 Å². The van der Waals surface area contributed by atoms with E-state index in [9.17, 15) is 9.59 Å². The maximum absolute atomic E-state index is 12.7. The molecule has 0 aliphatic carbocycles. The van der Waals surface area contributed by atoms with E-state index in [4.69, 9.17) is 0 Å². The number of hydrogen-bond donors (Lipinski definition) is 1. The van der Waals surface area contributed by atoms with Gasteiger partial charge < -0.3 is 15.1 Å². The summed E-state index contributed by atoms with van der Waals surface area (Å²) in [4.78, 5) is 30.1. The van der Waals surface area contributed by atoms with Gasteiger partial charge in [-0.3, -0.25) is 9.59 Å². The van der Waals surface area contributed by atoms with Gasteiger partial charge in [-0.15, -0.1) is 11.8 Å². The average Bonchev–Trinajstić information content (AvgIpc) is 3.10. The number of nitrogens with zero attached hydrogens (tertiary/aromatic N) is 2. The van der Waals surface area contributed by atoms with Gasteiger partial charge in [-0.25, -0.2) is 0 Å². The Labute approximate surface area is 171 Å². The van der Waals surface area contributed by atoms with Crippen molar-refractivity contribution in [1.29, 1.82) is 0 Å². The molecule has 0 aromatic heterocycles. The molecule has 0 radical (unpaired) electrons. The van der Waals surface area contributed by atoms with Crippen molar-refractivity contribution in [2.24, 2.45) is 5.92 Å². The van der Waals surface area contributed by atoms with Crippen molar-refractivity contribution in [3.05, 3.63) is 60.2 Å². The van der Waals surface area contributed by atoms with Crippen LogP contribution < -0.4 is 10.2 Å². The molecule has 0 spiro atoms. The van der Waals surface area contributed by atoms with Crippen LogP contribution in [-0.2, 0) is 9.59 Å². The van der Waals surface area contributed by atoms with Crippen molar-refractivity contribution in [1.82, 2.24) is 10.2 Å². The third-order valence-corrected chi connectivity index (χ3v) is 5.90. The molecule has 2 atom stereocenters. The van der Waals surface area contributed by atoms with Gasteiger partial charge in [-0.05, 0) is 50.2 Å². The molecule has 2 aromatic carbocycles. The zero-order valence-corrected chi connectivity index (χ0v) is 17.4. The average molecular weight is 398 g/mol. The lowest BCUT2D eigenvalue weighted by Crippen LogP contribution is -2.38. The van der Waals surface area contributed by atoms with E-state index >= 15 is 0 Å². The first-order valence-electron chi connectivity index (χ1n) is 9.43. The molecule has 1 saturated heterocycles. The van der Waals surface area contributed by atoms with Crippen LogP contribution >= 0.6 is 11.8 Å². The number of hydrogen-bond acceptors (Lipinski definition) is 4. The van der Waals surface area contributed by atoms with E-state index in [-0.39, 0.29) is 30.2 Å². The highest BCUT2D eigenvalue weighted by molar-refractivity contribution is 7.98. The summed E-state index contributed by atoms with van der Waals surface area (Å²) in [5.74, 6) is -0.366. The van der Waals surface area contributed by atoms with E-state index < -0.39 is 0 Å². The molecule has 28 heavy (non-hydrogen) atoms. The molecular weight excluding hydrogens is 370 g/mol. The number of benzene rings is 2. The summed E-state index contributed by atoms with van der Waals surface area (Å²) in [6.07, 6.45) is 2.28. The zero-order valence-electron chi connectivity index (χ0n) is 16.6. The van der Waals surface area contributed by atoms with Crippen molar-refractivity contribution in [3.8, 4) is 0 Å². The van der Waals surface area contributed by atoms with Gasteiger partial charge in [0.1, 0.15) is 0 Å². The lowest BCUT2D eigenvalue weighted by atomic mass is 10.0. The number of likely N-dealkylation sites (N-methyl/N-ethyl adjacent to an activating group) is 1. The minimum absolute atomic E-state index is 0.00395. The van der Waals surface area contributed by atoms with Crippen molar-refractivity contribution in [3.63, 3.8) is 0 Å². The largest absolute Gasteiger partial charge is 0.354 e. The Morgan fingerprint density at radius 2 is 1.86 bits per heavy atom. The van der Waals surface area contributed by atoms with Gasteiger partial charge >= 0.3 is 0 Å². The zero-order chi connectivity index (χ0) is 20.1. The first kappa shape index (κ1) is 20.4. The first-order valence-corrected chi connectivity index (χ1v) is 10.7. The van der Waals surface area contributed by atoms with Gasteiger partial charge in [0.05, 0.1) is 12.0 Å². The Kier molecular flexibility index (Phi) is 6.75. The lowest BCUT2D eigenvalue weighted by Gasteiger charge is -2.25. The van der Waals surface area contributed by atoms with Crippen LogP contribution in [0.2, 0.25) is 0 Å². The van der Waals surface area contributed by atoms with Crippen LogP contribution in [0.1, 0.15) is 18.0 Å². The van der Waals surface area contributed by atoms with E-state index in [1.807, 2.05) is 62.8 Å². The maximum Gasteiger partial charge on any atom is 0.227 e. The second-order valence-electron chi connectivity index (χ2n) is 7.24. The number of anilines is 1. The standard InChI is InChI=1S/C22H27N3O2S/c1-24(2)20(16-7-5-4-6-8-16)14-23-22(27)17-13-21(26)25(15-17)18-9-11-19(28-3)12-10-18/h4-12,17,20H,13-15H2,1-3H3,(H,23,27)/t17-,20-/m0/s1. The minimum atomic E-state index is -0.314. The van der Waals surface area contributed by atoms with Gasteiger partial charge in [0.15, 0.2) is 0 Å². The number of thioether (sulfide) groups is 1.